The number of rotatable bonds is 9. The largest absolute Gasteiger partial charge is 0.309 e. The van der Waals surface area contributed by atoms with Crippen LogP contribution >= 0.6 is 0 Å². The molecule has 0 N–H and O–H groups in total. The van der Waals surface area contributed by atoms with E-state index in [-0.39, 0.29) is 0 Å². The number of benzene rings is 11. The van der Waals surface area contributed by atoms with E-state index in [0.29, 0.717) is 0 Å². The van der Waals surface area contributed by atoms with Gasteiger partial charge in [-0.15, -0.1) is 0 Å². The van der Waals surface area contributed by atoms with E-state index in [1.807, 2.05) is 0 Å². The molecule has 63 heavy (non-hydrogen) atoms. The van der Waals surface area contributed by atoms with Crippen LogP contribution in [0.25, 0.3) is 88.3 Å². The lowest BCUT2D eigenvalue weighted by atomic mass is 9.91. The molecule has 0 aliphatic carbocycles. The van der Waals surface area contributed by atoms with E-state index < -0.39 is 0 Å². The van der Waals surface area contributed by atoms with Crippen LogP contribution < -0.4 is 4.90 Å². The molecule has 0 unspecified atom stereocenters. The number of hydrogen-bond acceptors (Lipinski definition) is 1. The maximum absolute atomic E-state index is 2.47. The molecule has 11 aromatic carbocycles. The number of nitrogens with zero attached hydrogens (tertiary/aromatic N) is 1. The van der Waals surface area contributed by atoms with E-state index in [2.05, 4.69) is 266 Å². The fourth-order valence-corrected chi connectivity index (χ4v) is 9.06. The first-order valence-electron chi connectivity index (χ1n) is 21.7. The third kappa shape index (κ3) is 7.47. The van der Waals surface area contributed by atoms with Gasteiger partial charge in [-0.25, -0.2) is 0 Å². The van der Waals surface area contributed by atoms with E-state index in [1.54, 1.807) is 0 Å². The highest BCUT2D eigenvalue weighted by Gasteiger charge is 2.22. The molecule has 0 heterocycles. The Morgan fingerprint density at radius 1 is 0.190 bits per heavy atom. The van der Waals surface area contributed by atoms with E-state index in [4.69, 9.17) is 0 Å². The molecule has 11 aromatic rings. The van der Waals surface area contributed by atoms with Gasteiger partial charge in [-0.1, -0.05) is 218 Å². The van der Waals surface area contributed by atoms with Gasteiger partial charge >= 0.3 is 0 Å². The predicted octanol–water partition coefficient (Wildman–Crippen LogP) is 17.5. The molecule has 1 nitrogen and oxygen atoms in total. The Hall–Kier alpha value is -8.26. The number of fused-ring (bicyclic) bond motifs is 2. The van der Waals surface area contributed by atoms with Crippen LogP contribution in [0.3, 0.4) is 0 Å². The third-order valence-corrected chi connectivity index (χ3v) is 12.3. The van der Waals surface area contributed by atoms with Crippen LogP contribution in [-0.2, 0) is 0 Å². The summed E-state index contributed by atoms with van der Waals surface area (Å²) in [6, 6.07) is 94.9. The maximum atomic E-state index is 2.47. The van der Waals surface area contributed by atoms with Crippen LogP contribution in [0, 0.1) is 0 Å². The van der Waals surface area contributed by atoms with Gasteiger partial charge in [0.2, 0.25) is 0 Å². The smallest absolute Gasteiger partial charge is 0.0546 e. The van der Waals surface area contributed by atoms with Gasteiger partial charge < -0.3 is 4.90 Å². The molecule has 0 aliphatic rings. The third-order valence-electron chi connectivity index (χ3n) is 12.3. The molecule has 0 fully saturated rings. The van der Waals surface area contributed by atoms with E-state index in [9.17, 15) is 0 Å². The van der Waals surface area contributed by atoms with Crippen molar-refractivity contribution in [1.82, 2.24) is 0 Å². The summed E-state index contributed by atoms with van der Waals surface area (Å²) < 4.78 is 0. The summed E-state index contributed by atoms with van der Waals surface area (Å²) in [4.78, 5) is 2.47. The van der Waals surface area contributed by atoms with Gasteiger partial charge in [0.05, 0.1) is 11.4 Å². The van der Waals surface area contributed by atoms with Crippen molar-refractivity contribution in [2.24, 2.45) is 0 Å². The van der Waals surface area contributed by atoms with Crippen molar-refractivity contribution in [1.29, 1.82) is 0 Å². The van der Waals surface area contributed by atoms with Gasteiger partial charge in [0.1, 0.15) is 0 Å². The number of anilines is 3. The van der Waals surface area contributed by atoms with Gasteiger partial charge in [-0.2, -0.15) is 0 Å². The Labute approximate surface area is 369 Å². The summed E-state index contributed by atoms with van der Waals surface area (Å²) >= 11 is 0. The van der Waals surface area contributed by atoms with Crippen molar-refractivity contribution in [2.45, 2.75) is 0 Å². The summed E-state index contributed by atoms with van der Waals surface area (Å²) in [6.45, 7) is 0. The van der Waals surface area contributed by atoms with Crippen LogP contribution in [0.1, 0.15) is 0 Å². The number of hydrogen-bond donors (Lipinski definition) is 0. The average molecular weight is 802 g/mol. The van der Waals surface area contributed by atoms with Crippen molar-refractivity contribution in [3.63, 3.8) is 0 Å². The van der Waals surface area contributed by atoms with Crippen molar-refractivity contribution >= 4 is 38.6 Å². The SMILES string of the molecule is c1ccc(-c2ccc(-c3ccc(N(c4ccccc4-c4ccccc4)c4cc(-c5ccc6ccccc6c5)ccc4-c4ccc5ccccc5c4)cc3)cc2-c2ccccc2)cc1. The highest BCUT2D eigenvalue weighted by Crippen LogP contribution is 2.47. The van der Waals surface area contributed by atoms with Crippen molar-refractivity contribution in [3.8, 4) is 66.8 Å². The first kappa shape index (κ1) is 37.7. The monoisotopic (exact) mass is 801 g/mol. The fraction of sp³-hybridized carbons (Fsp3) is 0. The Morgan fingerprint density at radius 3 is 1.24 bits per heavy atom. The molecule has 0 spiro atoms. The Morgan fingerprint density at radius 2 is 0.603 bits per heavy atom. The van der Waals surface area contributed by atoms with Crippen LogP contribution in [0.2, 0.25) is 0 Å². The van der Waals surface area contributed by atoms with E-state index in [1.165, 1.54) is 66.1 Å². The van der Waals surface area contributed by atoms with Gasteiger partial charge in [-0.3, -0.25) is 0 Å². The molecule has 11 rings (SSSR count). The van der Waals surface area contributed by atoms with Crippen LogP contribution in [-0.4, -0.2) is 0 Å². The highest BCUT2D eigenvalue weighted by molar-refractivity contribution is 5.98. The zero-order valence-electron chi connectivity index (χ0n) is 34.8. The summed E-state index contributed by atoms with van der Waals surface area (Å²) in [7, 11) is 0. The van der Waals surface area contributed by atoms with Crippen molar-refractivity contribution < 1.29 is 0 Å². The van der Waals surface area contributed by atoms with Gasteiger partial charge in [0, 0.05) is 16.8 Å². The normalized spacial score (nSPS) is 11.2. The maximum Gasteiger partial charge on any atom is 0.0546 e. The van der Waals surface area contributed by atoms with Gasteiger partial charge in [0.15, 0.2) is 0 Å². The molecular weight excluding hydrogens is 759 g/mol. The molecule has 296 valence electrons. The summed E-state index contributed by atoms with van der Waals surface area (Å²) in [5.41, 5.74) is 17.4. The quantitative estimate of drug-likeness (QED) is 0.141. The second-order valence-corrected chi connectivity index (χ2v) is 16.1. The standard InChI is InChI=1S/C62H43N/c1-4-18-47(19-5-1)57-38-34-53(42-60(57)49-22-8-3-9-23-49)46-32-36-56(37-33-46)63(61-27-15-14-26-58(61)48-20-6-2-7-21-48)62-43-54(52-30-28-44-16-10-12-24-50(44)40-52)35-39-59(62)55-31-29-45-17-11-13-25-51(45)41-55/h1-43H. The van der Waals surface area contributed by atoms with Crippen LogP contribution in [0.4, 0.5) is 17.1 Å². The molecule has 0 radical (unpaired) electrons. The summed E-state index contributed by atoms with van der Waals surface area (Å²) in [6.07, 6.45) is 0. The Bertz CT molecular complexity index is 3370. The van der Waals surface area contributed by atoms with Crippen LogP contribution in [0.15, 0.2) is 261 Å². The molecule has 0 bridgehead atoms. The molecule has 0 atom stereocenters. The minimum atomic E-state index is 1.07. The minimum Gasteiger partial charge on any atom is -0.309 e. The fourth-order valence-electron chi connectivity index (χ4n) is 9.06. The molecule has 1 heteroatoms. The van der Waals surface area contributed by atoms with Crippen LogP contribution in [0.5, 0.6) is 0 Å². The molecule has 0 amide bonds. The highest BCUT2D eigenvalue weighted by atomic mass is 15.1. The van der Waals surface area contributed by atoms with Gasteiger partial charge in [0.25, 0.3) is 0 Å². The van der Waals surface area contributed by atoms with E-state index >= 15 is 0 Å². The second-order valence-electron chi connectivity index (χ2n) is 16.1. The topological polar surface area (TPSA) is 3.24 Å². The second kappa shape index (κ2) is 16.7. The van der Waals surface area contributed by atoms with Gasteiger partial charge in [-0.05, 0) is 120 Å². The molecule has 0 aliphatic heterocycles. The predicted molar refractivity (Wildman–Crippen MR) is 269 cm³/mol. The first-order valence-corrected chi connectivity index (χ1v) is 21.7. The molecule has 0 saturated heterocycles. The summed E-state index contributed by atoms with van der Waals surface area (Å²) in [5, 5.41) is 4.90. The Balaban J connectivity index is 1.11. The molecule has 0 saturated carbocycles. The molecular formula is C62H43N. The average Bonchev–Trinajstić information content (AvgIpc) is 3.37. The molecule has 0 aromatic heterocycles. The van der Waals surface area contributed by atoms with Crippen molar-refractivity contribution in [3.05, 3.63) is 261 Å². The lowest BCUT2D eigenvalue weighted by Gasteiger charge is -2.30. The first-order chi connectivity index (χ1) is 31.2. The summed E-state index contributed by atoms with van der Waals surface area (Å²) in [5.74, 6) is 0. The lowest BCUT2D eigenvalue weighted by molar-refractivity contribution is 1.28. The minimum absolute atomic E-state index is 1.07. The Kier molecular flexibility index (Phi) is 9.97. The zero-order chi connectivity index (χ0) is 42.0. The number of para-hydroxylation sites is 1. The lowest BCUT2D eigenvalue weighted by Crippen LogP contribution is -2.12. The zero-order valence-corrected chi connectivity index (χ0v) is 34.8. The van der Waals surface area contributed by atoms with Crippen molar-refractivity contribution in [2.75, 3.05) is 4.90 Å². The van der Waals surface area contributed by atoms with E-state index in [0.717, 1.165) is 39.3 Å².